The summed E-state index contributed by atoms with van der Waals surface area (Å²) in [5.74, 6) is -1.27. The third kappa shape index (κ3) is 3.93. The van der Waals surface area contributed by atoms with Gasteiger partial charge in [-0.25, -0.2) is 9.50 Å². The van der Waals surface area contributed by atoms with Gasteiger partial charge >= 0.3 is 5.97 Å². The lowest BCUT2D eigenvalue weighted by atomic mass is 10.1. The Balaban J connectivity index is 1.79. The molecule has 0 aliphatic carbocycles. The van der Waals surface area contributed by atoms with Crippen molar-refractivity contribution in [2.45, 2.75) is 38.7 Å². The number of amides is 1. The van der Waals surface area contributed by atoms with Crippen LogP contribution < -0.4 is 5.56 Å². The van der Waals surface area contributed by atoms with Crippen LogP contribution in [0.15, 0.2) is 17.1 Å². The molecule has 1 amide bonds. The van der Waals surface area contributed by atoms with Crippen LogP contribution in [0.5, 0.6) is 0 Å². The third-order valence-corrected chi connectivity index (χ3v) is 4.57. The number of carbonyl (C=O) groups excluding carboxylic acids is 1. The average molecular weight is 362 g/mol. The van der Waals surface area contributed by atoms with E-state index in [-0.39, 0.29) is 37.0 Å². The van der Waals surface area contributed by atoms with E-state index in [1.165, 1.54) is 9.42 Å². The SMILES string of the molecule is Cc1nc2cc[nH]n2c(=O)c1CC(=O)N(CCC(=O)O)C[C@@H]1CCCO1. The minimum atomic E-state index is -0.971. The summed E-state index contributed by atoms with van der Waals surface area (Å²) < 4.78 is 6.85. The Labute approximate surface area is 149 Å². The van der Waals surface area contributed by atoms with Crippen molar-refractivity contribution >= 4 is 17.5 Å². The van der Waals surface area contributed by atoms with Crippen molar-refractivity contribution in [3.05, 3.63) is 33.9 Å². The molecule has 1 atom stereocenters. The van der Waals surface area contributed by atoms with Crippen molar-refractivity contribution in [2.75, 3.05) is 19.7 Å². The van der Waals surface area contributed by atoms with E-state index in [4.69, 9.17) is 9.84 Å². The Hall–Kier alpha value is -2.68. The number of nitrogens with zero attached hydrogens (tertiary/aromatic N) is 3. The lowest BCUT2D eigenvalue weighted by Crippen LogP contribution is -2.40. The molecule has 0 saturated carbocycles. The van der Waals surface area contributed by atoms with Crippen LogP contribution in [0.2, 0.25) is 0 Å². The fraction of sp³-hybridized carbons (Fsp3) is 0.529. The Kier molecular flexibility index (Phi) is 5.36. The highest BCUT2D eigenvalue weighted by Gasteiger charge is 2.24. The molecule has 0 aromatic carbocycles. The van der Waals surface area contributed by atoms with Crippen molar-refractivity contribution in [3.63, 3.8) is 0 Å². The molecule has 1 saturated heterocycles. The predicted octanol–water partition coefficient (Wildman–Crippen LogP) is 0.356. The largest absolute Gasteiger partial charge is 0.481 e. The number of nitrogens with one attached hydrogen (secondary N) is 1. The molecule has 0 spiro atoms. The number of carboxylic acid groups (broad SMARTS) is 1. The number of rotatable bonds is 7. The number of carboxylic acids is 1. The van der Waals surface area contributed by atoms with Crippen LogP contribution in [-0.2, 0) is 20.7 Å². The van der Waals surface area contributed by atoms with Gasteiger partial charge in [-0.1, -0.05) is 0 Å². The summed E-state index contributed by atoms with van der Waals surface area (Å²) in [6, 6.07) is 1.68. The highest BCUT2D eigenvalue weighted by molar-refractivity contribution is 5.79. The second kappa shape index (κ2) is 7.69. The van der Waals surface area contributed by atoms with Gasteiger partial charge in [-0.2, -0.15) is 0 Å². The maximum absolute atomic E-state index is 12.8. The highest BCUT2D eigenvalue weighted by atomic mass is 16.5. The van der Waals surface area contributed by atoms with Gasteiger partial charge in [-0.3, -0.25) is 19.5 Å². The zero-order chi connectivity index (χ0) is 18.7. The second-order valence-corrected chi connectivity index (χ2v) is 6.43. The first-order valence-electron chi connectivity index (χ1n) is 8.62. The third-order valence-electron chi connectivity index (χ3n) is 4.57. The van der Waals surface area contributed by atoms with E-state index in [0.717, 1.165) is 12.8 Å². The molecule has 0 unspecified atom stereocenters. The van der Waals surface area contributed by atoms with Crippen LogP contribution in [0.25, 0.3) is 5.65 Å². The summed E-state index contributed by atoms with van der Waals surface area (Å²) in [7, 11) is 0. The van der Waals surface area contributed by atoms with E-state index in [9.17, 15) is 14.4 Å². The molecular formula is C17H22N4O5. The number of carbonyl (C=O) groups is 2. The summed E-state index contributed by atoms with van der Waals surface area (Å²) in [4.78, 5) is 42.1. The van der Waals surface area contributed by atoms with Gasteiger partial charge in [-0.15, -0.1) is 0 Å². The number of fused-ring (bicyclic) bond motifs is 1. The first-order valence-corrected chi connectivity index (χ1v) is 8.62. The molecule has 1 aliphatic heterocycles. The minimum Gasteiger partial charge on any atom is -0.481 e. The molecule has 1 fully saturated rings. The van der Waals surface area contributed by atoms with Gasteiger partial charge in [-0.05, 0) is 19.8 Å². The number of H-pyrrole nitrogens is 1. The number of aryl methyl sites for hydroxylation is 1. The molecule has 2 N–H and O–H groups in total. The van der Waals surface area contributed by atoms with Crippen molar-refractivity contribution < 1.29 is 19.4 Å². The monoisotopic (exact) mass is 362 g/mol. The maximum Gasteiger partial charge on any atom is 0.305 e. The van der Waals surface area contributed by atoms with Crippen molar-refractivity contribution in [3.8, 4) is 0 Å². The normalized spacial score (nSPS) is 16.9. The van der Waals surface area contributed by atoms with Crippen molar-refractivity contribution in [1.82, 2.24) is 19.5 Å². The Morgan fingerprint density at radius 1 is 1.50 bits per heavy atom. The fourth-order valence-electron chi connectivity index (χ4n) is 3.16. The Morgan fingerprint density at radius 2 is 2.31 bits per heavy atom. The molecular weight excluding hydrogens is 340 g/mol. The zero-order valence-electron chi connectivity index (χ0n) is 14.6. The average Bonchev–Trinajstić information content (AvgIpc) is 3.26. The van der Waals surface area contributed by atoms with E-state index < -0.39 is 5.97 Å². The van der Waals surface area contributed by atoms with Crippen LogP contribution in [0.3, 0.4) is 0 Å². The second-order valence-electron chi connectivity index (χ2n) is 6.43. The van der Waals surface area contributed by atoms with E-state index in [1.807, 2.05) is 0 Å². The summed E-state index contributed by atoms with van der Waals surface area (Å²) in [5.41, 5.74) is 0.979. The summed E-state index contributed by atoms with van der Waals surface area (Å²) in [6.45, 7) is 2.77. The van der Waals surface area contributed by atoms with E-state index in [1.54, 1.807) is 19.2 Å². The number of aliphatic carboxylic acids is 1. The van der Waals surface area contributed by atoms with Gasteiger partial charge in [0.25, 0.3) is 5.56 Å². The molecule has 1 aliphatic rings. The smallest absolute Gasteiger partial charge is 0.305 e. The van der Waals surface area contributed by atoms with Crippen LogP contribution in [0.4, 0.5) is 0 Å². The zero-order valence-corrected chi connectivity index (χ0v) is 14.6. The van der Waals surface area contributed by atoms with Gasteiger partial charge in [0.15, 0.2) is 5.65 Å². The molecule has 9 nitrogen and oxygen atoms in total. The molecule has 26 heavy (non-hydrogen) atoms. The van der Waals surface area contributed by atoms with Crippen LogP contribution in [-0.4, -0.2) is 62.3 Å². The number of hydrogen-bond acceptors (Lipinski definition) is 5. The lowest BCUT2D eigenvalue weighted by Gasteiger charge is -2.25. The van der Waals surface area contributed by atoms with Crippen LogP contribution >= 0.6 is 0 Å². The first kappa shape index (κ1) is 18.1. The molecule has 9 heteroatoms. The number of hydrogen-bond donors (Lipinski definition) is 2. The molecule has 3 rings (SSSR count). The summed E-state index contributed by atoms with van der Waals surface area (Å²) in [5, 5.41) is 11.7. The predicted molar refractivity (Wildman–Crippen MR) is 92.1 cm³/mol. The van der Waals surface area contributed by atoms with E-state index >= 15 is 0 Å². The summed E-state index contributed by atoms with van der Waals surface area (Å²) >= 11 is 0. The van der Waals surface area contributed by atoms with Crippen LogP contribution in [0.1, 0.15) is 30.5 Å². The molecule has 3 heterocycles. The minimum absolute atomic E-state index is 0.0843. The lowest BCUT2D eigenvalue weighted by molar-refractivity contribution is -0.139. The van der Waals surface area contributed by atoms with Gasteiger partial charge in [0.05, 0.1) is 18.9 Å². The van der Waals surface area contributed by atoms with Gasteiger partial charge in [0.2, 0.25) is 5.91 Å². The number of aromatic amines is 1. The van der Waals surface area contributed by atoms with Gasteiger partial charge < -0.3 is 14.7 Å². The highest BCUT2D eigenvalue weighted by Crippen LogP contribution is 2.15. The van der Waals surface area contributed by atoms with Crippen molar-refractivity contribution in [1.29, 1.82) is 0 Å². The van der Waals surface area contributed by atoms with Gasteiger partial charge in [0.1, 0.15) is 0 Å². The standard InChI is InChI=1S/C17H22N4O5/c1-11-13(17(25)21-14(19-11)4-6-18-21)9-15(22)20(7-5-16(23)24)10-12-3-2-8-26-12/h4,6,12,18H,2-3,5,7-10H2,1H3,(H,23,24)/t12-/m0/s1. The maximum atomic E-state index is 12.8. The topological polar surface area (TPSA) is 117 Å². The molecule has 140 valence electrons. The molecule has 0 bridgehead atoms. The Morgan fingerprint density at radius 3 is 3.00 bits per heavy atom. The molecule has 2 aromatic heterocycles. The fourth-order valence-corrected chi connectivity index (χ4v) is 3.16. The number of ether oxygens (including phenoxy) is 1. The molecule has 0 radical (unpaired) electrons. The summed E-state index contributed by atoms with van der Waals surface area (Å²) in [6.07, 6.45) is 3.02. The van der Waals surface area contributed by atoms with E-state index in [0.29, 0.717) is 30.1 Å². The van der Waals surface area contributed by atoms with Crippen LogP contribution in [0, 0.1) is 6.92 Å². The van der Waals surface area contributed by atoms with E-state index in [2.05, 4.69) is 10.1 Å². The Bertz CT molecular complexity index is 866. The first-order chi connectivity index (χ1) is 12.5. The molecule has 2 aromatic rings. The van der Waals surface area contributed by atoms with Gasteiger partial charge in [0, 0.05) is 43.2 Å². The quantitative estimate of drug-likeness (QED) is 0.734. The van der Waals surface area contributed by atoms with Crippen molar-refractivity contribution in [2.24, 2.45) is 0 Å². The number of aromatic nitrogens is 3.